The number of benzene rings is 3. The van der Waals surface area contributed by atoms with E-state index in [4.69, 9.17) is 13.8 Å². The van der Waals surface area contributed by atoms with Crippen LogP contribution in [0, 0.1) is 30.7 Å². The molecule has 0 aliphatic rings. The van der Waals surface area contributed by atoms with E-state index in [9.17, 15) is 9.90 Å². The number of nitrogens with zero attached hydrogens (tertiary/aromatic N) is 1. The zero-order valence-corrected chi connectivity index (χ0v) is 35.1. The number of aryl methyl sites for hydroxylation is 2. The molecule has 0 aliphatic carbocycles. The molecule has 1 N–H and O–H groups in total. The van der Waals surface area contributed by atoms with Gasteiger partial charge in [0.1, 0.15) is 22.7 Å². The van der Waals surface area contributed by atoms with Gasteiger partial charge in [-0.05, 0) is 68.2 Å². The minimum Gasteiger partial charge on any atom is -0.512 e. The third kappa shape index (κ3) is 7.84. The number of carbonyl (C=O) groups is 1. The smallest absolute Gasteiger partial charge is 0.164 e. The van der Waals surface area contributed by atoms with Crippen LogP contribution < -0.4 is 0 Å². The number of aliphatic hydroxyl groups excluding tert-OH is 1. The number of allylic oxidation sites excluding steroid dienone is 2. The molecule has 0 aliphatic heterocycles. The quantitative estimate of drug-likeness (QED) is 0.0889. The average Bonchev–Trinajstić information content (AvgIpc) is 3.68. The fourth-order valence-electron chi connectivity index (χ4n) is 6.64. The van der Waals surface area contributed by atoms with E-state index in [1.807, 2.05) is 53.8 Å². The van der Waals surface area contributed by atoms with Crippen LogP contribution in [0.5, 0.6) is 0 Å². The maximum atomic E-state index is 12.2. The summed E-state index contributed by atoms with van der Waals surface area (Å²) in [6.45, 7) is 23.0. The first-order valence-corrected chi connectivity index (χ1v) is 18.4. The molecule has 6 rings (SSSR count). The molecule has 0 bridgehead atoms. The summed E-state index contributed by atoms with van der Waals surface area (Å²) in [5.74, 6) is 1.13. The number of carbonyl (C=O) groups excluding carboxylic acids is 1. The fourth-order valence-corrected chi connectivity index (χ4v) is 6.64. The van der Waals surface area contributed by atoms with E-state index >= 15 is 0 Å². The minimum atomic E-state index is -0.337. The van der Waals surface area contributed by atoms with Gasteiger partial charge in [0.2, 0.25) is 0 Å². The van der Waals surface area contributed by atoms with Crippen LogP contribution in [0.25, 0.3) is 55.3 Å². The number of aliphatic hydroxyl groups is 1. The Hall–Kier alpha value is -3.99. The van der Waals surface area contributed by atoms with Crippen molar-refractivity contribution in [2.45, 2.75) is 107 Å². The second kappa shape index (κ2) is 15.9. The van der Waals surface area contributed by atoms with Crippen molar-refractivity contribution in [1.29, 1.82) is 0 Å². The Kier molecular flexibility index (Phi) is 12.5. The molecule has 6 aromatic rings. The molecule has 5 nitrogen and oxygen atoms in total. The van der Waals surface area contributed by atoms with Gasteiger partial charge < -0.3 is 13.9 Å². The fraction of sp³-hybridized carbons (Fsp3) is 0.391. The summed E-state index contributed by atoms with van der Waals surface area (Å²) in [6.07, 6.45) is 8.37. The summed E-state index contributed by atoms with van der Waals surface area (Å²) in [5, 5.41) is 14.6. The number of fused-ring (bicyclic) bond motifs is 3. The Morgan fingerprint density at radius 1 is 0.846 bits per heavy atom. The largest absolute Gasteiger partial charge is 0.512 e. The normalized spacial score (nSPS) is 12.6. The van der Waals surface area contributed by atoms with Crippen molar-refractivity contribution in [1.82, 2.24) is 4.98 Å². The molecule has 0 fully saturated rings. The first-order valence-electron chi connectivity index (χ1n) is 18.4. The average molecular weight is 877 g/mol. The van der Waals surface area contributed by atoms with Crippen molar-refractivity contribution in [3.63, 3.8) is 0 Å². The number of hydrogen-bond acceptors (Lipinski definition) is 5. The van der Waals surface area contributed by atoms with Gasteiger partial charge in [-0.2, -0.15) is 0 Å². The molecule has 3 aromatic heterocycles. The van der Waals surface area contributed by atoms with Gasteiger partial charge in [0.05, 0.1) is 6.26 Å². The van der Waals surface area contributed by atoms with Crippen molar-refractivity contribution in [2.24, 2.45) is 10.8 Å². The second-order valence-electron chi connectivity index (χ2n) is 15.5. The molecule has 0 saturated heterocycles. The summed E-state index contributed by atoms with van der Waals surface area (Å²) in [7, 11) is 0. The monoisotopic (exact) mass is 877 g/mol. The van der Waals surface area contributed by atoms with Crippen molar-refractivity contribution < 1.29 is 38.8 Å². The summed E-state index contributed by atoms with van der Waals surface area (Å²) < 4.78 is 12.1. The Balaban J connectivity index is 0.000000289. The summed E-state index contributed by atoms with van der Waals surface area (Å²) in [4.78, 5) is 17.0. The van der Waals surface area contributed by atoms with Crippen molar-refractivity contribution in [3.8, 4) is 22.6 Å². The molecule has 0 spiro atoms. The number of hydrogen-bond donors (Lipinski definition) is 1. The minimum absolute atomic E-state index is 0. The zero-order chi connectivity index (χ0) is 37.3. The predicted octanol–water partition coefficient (Wildman–Crippen LogP) is 13.4. The van der Waals surface area contributed by atoms with Gasteiger partial charge >= 0.3 is 0 Å². The Bertz CT molecular complexity index is 2220. The van der Waals surface area contributed by atoms with E-state index in [-0.39, 0.29) is 47.9 Å². The number of furan rings is 2. The van der Waals surface area contributed by atoms with Gasteiger partial charge in [-0.1, -0.05) is 104 Å². The van der Waals surface area contributed by atoms with E-state index in [0.717, 1.165) is 86.7 Å². The van der Waals surface area contributed by atoms with Crippen LogP contribution in [-0.4, -0.2) is 15.9 Å². The van der Waals surface area contributed by atoms with E-state index in [1.165, 1.54) is 17.0 Å². The van der Waals surface area contributed by atoms with E-state index in [2.05, 4.69) is 89.2 Å². The van der Waals surface area contributed by atoms with Crippen molar-refractivity contribution >= 4 is 38.5 Å². The predicted molar refractivity (Wildman–Crippen MR) is 212 cm³/mol. The zero-order valence-electron chi connectivity index (χ0n) is 32.7. The van der Waals surface area contributed by atoms with E-state index in [0.29, 0.717) is 0 Å². The molecule has 0 amide bonds. The molecule has 3 heterocycles. The number of ketones is 1. The Labute approximate surface area is 323 Å². The first kappa shape index (κ1) is 40.8. The number of pyridine rings is 1. The van der Waals surface area contributed by atoms with Crippen LogP contribution in [0.3, 0.4) is 0 Å². The molecule has 0 unspecified atom stereocenters. The van der Waals surface area contributed by atoms with Gasteiger partial charge in [-0.25, -0.2) is 0 Å². The van der Waals surface area contributed by atoms with Gasteiger partial charge in [0.25, 0.3) is 0 Å². The number of aromatic nitrogens is 1. The van der Waals surface area contributed by atoms with Crippen LogP contribution in [0.2, 0.25) is 0 Å². The summed E-state index contributed by atoms with van der Waals surface area (Å²) in [5.41, 5.74) is 7.46. The maximum absolute atomic E-state index is 12.2. The maximum Gasteiger partial charge on any atom is 0.164 e. The van der Waals surface area contributed by atoms with Crippen molar-refractivity contribution in [2.75, 3.05) is 0 Å². The van der Waals surface area contributed by atoms with E-state index in [1.54, 1.807) is 6.26 Å². The van der Waals surface area contributed by atoms with Gasteiger partial charge in [0, 0.05) is 65.2 Å². The molecular formula is C46H54IrNO4-. The first-order chi connectivity index (χ1) is 24.1. The van der Waals surface area contributed by atoms with Gasteiger partial charge in [-0.3, -0.25) is 9.78 Å². The standard InChI is InChI=1S/C31H26NO2.C15H28O2.Ir/c1-18-17-33-27-16-21(10-11-23(18)27)30-19(2)28-26(34-30)12-13-32-29(28)22-14-20-8-6-7-9-24(20)25(15-22)31(3,4)5;1-7-14(5,8-2)12(16)11-13(17)15(6,9-3)10-4;/h6-13,15-17H,1-5H3;11,16H,7-10H2,1-6H3;/q-1;;/b;12-11-;. The molecule has 52 heavy (non-hydrogen) atoms. The van der Waals surface area contributed by atoms with Crippen LogP contribution in [0.1, 0.15) is 105 Å². The van der Waals surface area contributed by atoms with Gasteiger partial charge in [-0.15, -0.1) is 29.1 Å². The topological polar surface area (TPSA) is 76.5 Å². The molecular weight excluding hydrogens is 823 g/mol. The number of rotatable bonds is 9. The molecule has 6 heteroatoms. The third-order valence-electron chi connectivity index (χ3n) is 11.3. The van der Waals surface area contributed by atoms with Gasteiger partial charge in [0.15, 0.2) is 5.78 Å². The Morgan fingerprint density at radius 2 is 1.50 bits per heavy atom. The molecule has 0 saturated carbocycles. The third-order valence-corrected chi connectivity index (χ3v) is 11.3. The SMILES string of the molecule is CCC(C)(CC)C(=O)/C=C(\O)C(C)(CC)CC.Cc1coc2cc(-c3oc4ccnc(-c5[c-]c6ccccc6c(C(C)(C)C)c5)c4c3C)ccc12.[Ir]. The second-order valence-corrected chi connectivity index (χ2v) is 15.5. The Morgan fingerprint density at radius 3 is 2.13 bits per heavy atom. The van der Waals surface area contributed by atoms with Crippen molar-refractivity contribution in [3.05, 3.63) is 102 Å². The van der Waals surface area contributed by atoms with Crippen LogP contribution in [-0.2, 0) is 30.3 Å². The molecule has 1 radical (unpaired) electrons. The van der Waals surface area contributed by atoms with E-state index < -0.39 is 0 Å². The summed E-state index contributed by atoms with van der Waals surface area (Å²) in [6, 6.07) is 22.5. The van der Waals surface area contributed by atoms with Crippen LogP contribution in [0.4, 0.5) is 0 Å². The molecule has 0 atom stereocenters. The van der Waals surface area contributed by atoms with Crippen LogP contribution >= 0.6 is 0 Å². The molecule has 277 valence electrons. The summed E-state index contributed by atoms with van der Waals surface area (Å²) >= 11 is 0. The van der Waals surface area contributed by atoms with Crippen LogP contribution in [0.15, 0.2) is 87.7 Å². The molecule has 3 aromatic carbocycles.